The van der Waals surface area contributed by atoms with Crippen molar-refractivity contribution in [1.29, 1.82) is 0 Å². The zero-order valence-electron chi connectivity index (χ0n) is 10.7. The molecule has 0 bridgehead atoms. The first-order chi connectivity index (χ1) is 7.96. The molecular weight excluding hydrogens is 216 g/mol. The molecule has 0 amide bonds. The second kappa shape index (κ2) is 4.49. The molecule has 1 saturated heterocycles. The Hall–Kier alpha value is -1.36. The van der Waals surface area contributed by atoms with E-state index in [1.165, 1.54) is 0 Å². The molecule has 94 valence electrons. The number of hydrogen-bond acceptors (Lipinski definition) is 5. The van der Waals surface area contributed by atoms with Crippen LogP contribution in [-0.2, 0) is 4.74 Å². The maximum absolute atomic E-state index is 5.69. The van der Waals surface area contributed by atoms with E-state index in [1.54, 1.807) is 6.20 Å². The van der Waals surface area contributed by atoms with E-state index in [1.807, 2.05) is 6.92 Å². The van der Waals surface area contributed by atoms with Crippen LogP contribution < -0.4 is 11.1 Å². The highest BCUT2D eigenvalue weighted by Crippen LogP contribution is 2.26. The summed E-state index contributed by atoms with van der Waals surface area (Å²) in [5.41, 5.74) is 6.55. The Bertz CT molecular complexity index is 405. The number of nitrogen functional groups attached to an aromatic ring is 1. The van der Waals surface area contributed by atoms with Crippen LogP contribution >= 0.6 is 0 Å². The fourth-order valence-electron chi connectivity index (χ4n) is 2.15. The molecule has 1 aromatic rings. The average Bonchev–Trinajstić information content (AvgIpc) is 2.22. The fourth-order valence-corrected chi connectivity index (χ4v) is 2.15. The molecule has 1 unspecified atom stereocenters. The van der Waals surface area contributed by atoms with Gasteiger partial charge in [-0.3, -0.25) is 0 Å². The van der Waals surface area contributed by atoms with Crippen LogP contribution in [0.15, 0.2) is 6.20 Å². The third-order valence-electron chi connectivity index (χ3n) is 3.03. The van der Waals surface area contributed by atoms with E-state index in [4.69, 9.17) is 10.5 Å². The summed E-state index contributed by atoms with van der Waals surface area (Å²) in [4.78, 5) is 8.19. The number of anilines is 2. The molecule has 5 heteroatoms. The second-order valence-electron chi connectivity index (χ2n) is 5.20. The molecule has 1 aromatic heterocycles. The van der Waals surface area contributed by atoms with Gasteiger partial charge in [0.2, 0.25) is 5.95 Å². The number of ether oxygens (including phenoxy) is 1. The van der Waals surface area contributed by atoms with Gasteiger partial charge in [-0.2, -0.15) is 4.98 Å². The summed E-state index contributed by atoms with van der Waals surface area (Å²) in [5.74, 6) is 1.14. The first-order valence-corrected chi connectivity index (χ1v) is 5.96. The minimum atomic E-state index is -0.0671. The molecule has 17 heavy (non-hydrogen) atoms. The first kappa shape index (κ1) is 12.1. The molecule has 0 aromatic carbocycles. The highest BCUT2D eigenvalue weighted by atomic mass is 16.5. The van der Waals surface area contributed by atoms with Gasteiger partial charge in [-0.15, -0.1) is 0 Å². The number of aromatic nitrogens is 2. The first-order valence-electron chi connectivity index (χ1n) is 5.96. The van der Waals surface area contributed by atoms with Crippen molar-refractivity contribution in [3.8, 4) is 0 Å². The van der Waals surface area contributed by atoms with Crippen LogP contribution in [0.4, 0.5) is 11.8 Å². The lowest BCUT2D eigenvalue weighted by atomic mass is 9.94. The zero-order chi connectivity index (χ0) is 12.5. The SMILES string of the molecule is Cc1cnc(N)nc1NC1CCOC(C)(C)C1. The van der Waals surface area contributed by atoms with Crippen LogP contribution in [0.25, 0.3) is 0 Å². The van der Waals surface area contributed by atoms with Crippen LogP contribution in [0.3, 0.4) is 0 Å². The van der Waals surface area contributed by atoms with Gasteiger partial charge in [-0.25, -0.2) is 4.98 Å². The topological polar surface area (TPSA) is 73.1 Å². The predicted molar refractivity (Wildman–Crippen MR) is 67.9 cm³/mol. The van der Waals surface area contributed by atoms with Crippen LogP contribution in [0, 0.1) is 6.92 Å². The third-order valence-corrected chi connectivity index (χ3v) is 3.03. The largest absolute Gasteiger partial charge is 0.375 e. The van der Waals surface area contributed by atoms with Crippen molar-refractivity contribution in [3.05, 3.63) is 11.8 Å². The summed E-state index contributed by atoms with van der Waals surface area (Å²) < 4.78 is 5.69. The van der Waals surface area contributed by atoms with E-state index in [2.05, 4.69) is 29.1 Å². The van der Waals surface area contributed by atoms with Gasteiger partial charge in [-0.1, -0.05) is 0 Å². The van der Waals surface area contributed by atoms with Crippen LogP contribution in [-0.4, -0.2) is 28.2 Å². The molecule has 2 heterocycles. The Morgan fingerprint density at radius 2 is 2.29 bits per heavy atom. The monoisotopic (exact) mass is 236 g/mol. The molecule has 1 fully saturated rings. The lowest BCUT2D eigenvalue weighted by Crippen LogP contribution is -2.40. The van der Waals surface area contributed by atoms with E-state index in [9.17, 15) is 0 Å². The standard InChI is InChI=1S/C12H20N4O/c1-8-7-14-11(13)16-10(8)15-9-4-5-17-12(2,3)6-9/h7,9H,4-6H2,1-3H3,(H3,13,14,15,16). The third kappa shape index (κ3) is 3.06. The highest BCUT2D eigenvalue weighted by Gasteiger charge is 2.29. The lowest BCUT2D eigenvalue weighted by molar-refractivity contribution is -0.0553. The second-order valence-corrected chi connectivity index (χ2v) is 5.20. The normalized spacial score (nSPS) is 23.4. The number of nitrogens with one attached hydrogen (secondary N) is 1. The van der Waals surface area contributed by atoms with Crippen LogP contribution in [0.5, 0.6) is 0 Å². The molecule has 1 atom stereocenters. The van der Waals surface area contributed by atoms with E-state index >= 15 is 0 Å². The molecule has 0 aliphatic carbocycles. The molecular formula is C12H20N4O. The van der Waals surface area contributed by atoms with Gasteiger partial charge in [0.1, 0.15) is 5.82 Å². The van der Waals surface area contributed by atoms with E-state index in [0.717, 1.165) is 30.8 Å². The van der Waals surface area contributed by atoms with E-state index in [0.29, 0.717) is 12.0 Å². The van der Waals surface area contributed by atoms with Crippen molar-refractivity contribution < 1.29 is 4.74 Å². The van der Waals surface area contributed by atoms with Crippen molar-refractivity contribution in [2.75, 3.05) is 17.7 Å². The van der Waals surface area contributed by atoms with Crippen molar-refractivity contribution in [2.24, 2.45) is 0 Å². The zero-order valence-corrected chi connectivity index (χ0v) is 10.7. The Morgan fingerprint density at radius 3 is 3.00 bits per heavy atom. The Balaban J connectivity index is 2.07. The number of nitrogens with zero attached hydrogens (tertiary/aromatic N) is 2. The lowest BCUT2D eigenvalue weighted by Gasteiger charge is -2.36. The molecule has 0 radical (unpaired) electrons. The smallest absolute Gasteiger partial charge is 0.221 e. The van der Waals surface area contributed by atoms with Crippen LogP contribution in [0.1, 0.15) is 32.3 Å². The minimum Gasteiger partial charge on any atom is -0.375 e. The molecule has 0 spiro atoms. The maximum atomic E-state index is 5.69. The number of rotatable bonds is 2. The quantitative estimate of drug-likeness (QED) is 0.818. The molecule has 1 aliphatic heterocycles. The molecule has 0 saturated carbocycles. The van der Waals surface area contributed by atoms with Crippen molar-refractivity contribution in [2.45, 2.75) is 45.3 Å². The Morgan fingerprint density at radius 1 is 1.53 bits per heavy atom. The summed E-state index contributed by atoms with van der Waals surface area (Å²) in [7, 11) is 0. The Labute approximate surface area is 102 Å². The van der Waals surface area contributed by atoms with Gasteiger partial charge >= 0.3 is 0 Å². The van der Waals surface area contributed by atoms with Gasteiger partial charge in [0.15, 0.2) is 0 Å². The van der Waals surface area contributed by atoms with E-state index < -0.39 is 0 Å². The average molecular weight is 236 g/mol. The van der Waals surface area contributed by atoms with Gasteiger partial charge < -0.3 is 15.8 Å². The van der Waals surface area contributed by atoms with Crippen LogP contribution in [0.2, 0.25) is 0 Å². The molecule has 5 nitrogen and oxygen atoms in total. The summed E-state index contributed by atoms with van der Waals surface area (Å²) in [6, 6.07) is 0.381. The van der Waals surface area contributed by atoms with Gasteiger partial charge in [0, 0.05) is 24.4 Å². The molecule has 3 N–H and O–H groups in total. The van der Waals surface area contributed by atoms with Gasteiger partial charge in [0.05, 0.1) is 5.60 Å². The van der Waals surface area contributed by atoms with Gasteiger partial charge in [-0.05, 0) is 33.6 Å². The number of nitrogens with two attached hydrogens (primary N) is 1. The minimum absolute atomic E-state index is 0.0671. The fraction of sp³-hybridized carbons (Fsp3) is 0.667. The summed E-state index contributed by atoms with van der Waals surface area (Å²) in [6.45, 7) is 6.99. The number of aryl methyl sites for hydroxylation is 1. The van der Waals surface area contributed by atoms with Crippen molar-refractivity contribution in [1.82, 2.24) is 9.97 Å². The Kier molecular flexibility index (Phi) is 3.19. The molecule has 2 rings (SSSR count). The number of hydrogen-bond donors (Lipinski definition) is 2. The highest BCUT2D eigenvalue weighted by molar-refractivity contribution is 5.45. The predicted octanol–water partition coefficient (Wildman–Crippen LogP) is 1.74. The molecule has 1 aliphatic rings. The van der Waals surface area contributed by atoms with E-state index in [-0.39, 0.29) is 5.60 Å². The summed E-state index contributed by atoms with van der Waals surface area (Å²) in [6.07, 6.45) is 3.71. The van der Waals surface area contributed by atoms with Crippen molar-refractivity contribution in [3.63, 3.8) is 0 Å². The summed E-state index contributed by atoms with van der Waals surface area (Å²) >= 11 is 0. The van der Waals surface area contributed by atoms with Crippen molar-refractivity contribution >= 4 is 11.8 Å². The maximum Gasteiger partial charge on any atom is 0.221 e. The summed E-state index contributed by atoms with van der Waals surface area (Å²) in [5, 5.41) is 3.43. The van der Waals surface area contributed by atoms with Gasteiger partial charge in [0.25, 0.3) is 0 Å².